The predicted octanol–water partition coefficient (Wildman–Crippen LogP) is 4.63. The molecule has 1 amide bonds. The van der Waals surface area contributed by atoms with E-state index in [1.54, 1.807) is 30.5 Å². The van der Waals surface area contributed by atoms with Crippen molar-refractivity contribution >= 4 is 29.5 Å². The second-order valence-corrected chi connectivity index (χ2v) is 11.1. The molecule has 2 aromatic rings. The number of aldehydes is 1. The van der Waals surface area contributed by atoms with Gasteiger partial charge in [0.2, 0.25) is 0 Å². The van der Waals surface area contributed by atoms with Gasteiger partial charge in [-0.15, -0.1) is 0 Å². The first-order valence-electron chi connectivity index (χ1n) is 11.9. The first-order valence-corrected chi connectivity index (χ1v) is 12.3. The highest BCUT2D eigenvalue weighted by molar-refractivity contribution is 6.31. The summed E-state index contributed by atoms with van der Waals surface area (Å²) < 4.78 is 6.29. The number of rotatable bonds is 6. The molecule has 184 valence electrons. The van der Waals surface area contributed by atoms with Crippen molar-refractivity contribution in [3.63, 3.8) is 0 Å². The lowest BCUT2D eigenvalue weighted by atomic mass is 9.49. The fraction of sp³-hybridized carbons (Fsp3) is 0.481. The van der Waals surface area contributed by atoms with Gasteiger partial charge in [0.25, 0.3) is 5.91 Å². The highest BCUT2D eigenvalue weighted by Gasteiger charge is 2.64. The van der Waals surface area contributed by atoms with Crippen LogP contribution >= 0.6 is 11.6 Å². The summed E-state index contributed by atoms with van der Waals surface area (Å²) in [6.45, 7) is 9.90. The molecule has 2 heterocycles. The quantitative estimate of drug-likeness (QED) is 0.588. The smallest absolute Gasteiger partial charge is 0.270 e. The number of ether oxygens (including phenoxy) is 1. The van der Waals surface area contributed by atoms with E-state index in [9.17, 15) is 9.59 Å². The SMILES string of the molecule is CC1(C)C(NC(=O)c2ccc(N3CCC(C=O)CC3)cn2)C(C)(C)C1Oc1ccc(C#N)c(Cl)c1. The van der Waals surface area contributed by atoms with E-state index in [0.29, 0.717) is 22.0 Å². The molecule has 35 heavy (non-hydrogen) atoms. The van der Waals surface area contributed by atoms with E-state index in [2.05, 4.69) is 49.0 Å². The van der Waals surface area contributed by atoms with Crippen molar-refractivity contribution in [2.75, 3.05) is 18.0 Å². The maximum Gasteiger partial charge on any atom is 0.270 e. The van der Waals surface area contributed by atoms with E-state index in [4.69, 9.17) is 21.6 Å². The number of hydrogen-bond donors (Lipinski definition) is 1. The molecule has 0 atom stereocenters. The number of anilines is 1. The number of benzene rings is 1. The molecule has 4 rings (SSSR count). The van der Waals surface area contributed by atoms with Gasteiger partial charge in [0, 0.05) is 41.9 Å². The van der Waals surface area contributed by atoms with Gasteiger partial charge in [-0.3, -0.25) is 4.79 Å². The van der Waals surface area contributed by atoms with Crippen LogP contribution in [-0.2, 0) is 4.79 Å². The number of nitriles is 1. The third kappa shape index (κ3) is 4.72. The van der Waals surface area contributed by atoms with E-state index in [1.807, 2.05) is 6.07 Å². The van der Waals surface area contributed by atoms with E-state index < -0.39 is 0 Å². The molecule has 1 aromatic heterocycles. The van der Waals surface area contributed by atoms with Crippen LogP contribution in [0, 0.1) is 28.1 Å². The minimum Gasteiger partial charge on any atom is -0.489 e. The van der Waals surface area contributed by atoms with Crippen molar-refractivity contribution < 1.29 is 14.3 Å². The lowest BCUT2D eigenvalue weighted by molar-refractivity contribution is -0.164. The Morgan fingerprint density at radius 3 is 2.43 bits per heavy atom. The van der Waals surface area contributed by atoms with Gasteiger partial charge < -0.3 is 19.7 Å². The normalized spacial score (nSPS) is 23.0. The molecule has 0 bridgehead atoms. The zero-order valence-electron chi connectivity index (χ0n) is 20.5. The molecular weight excluding hydrogens is 464 g/mol. The fourth-order valence-corrected chi connectivity index (χ4v) is 6.01. The monoisotopic (exact) mass is 494 g/mol. The predicted molar refractivity (Wildman–Crippen MR) is 135 cm³/mol. The zero-order valence-corrected chi connectivity index (χ0v) is 21.3. The molecular formula is C27H31ClN4O3. The number of piperidine rings is 1. The Hall–Kier alpha value is -3.11. The van der Waals surface area contributed by atoms with Crippen LogP contribution in [0.4, 0.5) is 5.69 Å². The number of pyridine rings is 1. The van der Waals surface area contributed by atoms with Gasteiger partial charge >= 0.3 is 0 Å². The van der Waals surface area contributed by atoms with Gasteiger partial charge in [0.05, 0.1) is 22.5 Å². The molecule has 0 spiro atoms. The van der Waals surface area contributed by atoms with E-state index in [1.165, 1.54) is 0 Å². The van der Waals surface area contributed by atoms with Gasteiger partial charge in [0.15, 0.2) is 0 Å². The van der Waals surface area contributed by atoms with Gasteiger partial charge in [-0.25, -0.2) is 4.98 Å². The van der Waals surface area contributed by atoms with Gasteiger partial charge in [-0.05, 0) is 37.1 Å². The molecule has 1 aliphatic heterocycles. The molecule has 1 saturated carbocycles. The summed E-state index contributed by atoms with van der Waals surface area (Å²) in [6.07, 6.45) is 4.29. The van der Waals surface area contributed by atoms with Crippen LogP contribution in [0.3, 0.4) is 0 Å². The second-order valence-electron chi connectivity index (χ2n) is 10.7. The summed E-state index contributed by atoms with van der Waals surface area (Å²) in [4.78, 5) is 30.7. The molecule has 1 saturated heterocycles. The van der Waals surface area contributed by atoms with Crippen LogP contribution in [0.2, 0.25) is 5.02 Å². The number of carbonyl (C=O) groups is 2. The Bertz CT molecular complexity index is 1130. The lowest BCUT2D eigenvalue weighted by Gasteiger charge is -2.63. The fourth-order valence-electron chi connectivity index (χ4n) is 5.80. The highest BCUT2D eigenvalue weighted by Crippen LogP contribution is 2.55. The number of hydrogen-bond acceptors (Lipinski definition) is 6. The molecule has 1 N–H and O–H groups in total. The van der Waals surface area contributed by atoms with Crippen LogP contribution in [0.5, 0.6) is 5.75 Å². The molecule has 2 fully saturated rings. The van der Waals surface area contributed by atoms with Gasteiger partial charge in [-0.1, -0.05) is 39.3 Å². The summed E-state index contributed by atoms with van der Waals surface area (Å²) >= 11 is 6.17. The van der Waals surface area contributed by atoms with Crippen molar-refractivity contribution in [3.05, 3.63) is 52.8 Å². The van der Waals surface area contributed by atoms with Crippen molar-refractivity contribution in [2.45, 2.75) is 52.7 Å². The van der Waals surface area contributed by atoms with Crippen LogP contribution in [0.25, 0.3) is 0 Å². The van der Waals surface area contributed by atoms with E-state index in [0.717, 1.165) is 37.9 Å². The Morgan fingerprint density at radius 1 is 1.20 bits per heavy atom. The third-order valence-corrected chi connectivity index (χ3v) is 7.82. The third-order valence-electron chi connectivity index (χ3n) is 7.51. The van der Waals surface area contributed by atoms with E-state index >= 15 is 0 Å². The Balaban J connectivity index is 1.41. The van der Waals surface area contributed by atoms with E-state index in [-0.39, 0.29) is 34.8 Å². The lowest BCUT2D eigenvalue weighted by Crippen LogP contribution is -2.74. The van der Waals surface area contributed by atoms with Crippen molar-refractivity contribution in [3.8, 4) is 11.8 Å². The van der Waals surface area contributed by atoms with Crippen LogP contribution < -0.4 is 15.0 Å². The average Bonchev–Trinajstić information content (AvgIpc) is 2.85. The maximum atomic E-state index is 13.1. The van der Waals surface area contributed by atoms with Crippen molar-refractivity contribution in [1.82, 2.24) is 10.3 Å². The van der Waals surface area contributed by atoms with Crippen molar-refractivity contribution in [2.24, 2.45) is 16.7 Å². The summed E-state index contributed by atoms with van der Waals surface area (Å²) in [7, 11) is 0. The molecule has 1 aromatic carbocycles. The summed E-state index contributed by atoms with van der Waals surface area (Å²) in [5.41, 5.74) is 1.04. The van der Waals surface area contributed by atoms with Gasteiger partial charge in [0.1, 0.15) is 29.9 Å². The standard InChI is InChI=1S/C27H31ClN4O3/c1-26(2)24(27(3,4)25(26)35-20-7-5-18(14-29)21(28)13-20)31-23(34)22-8-6-19(15-30-22)32-11-9-17(16-33)10-12-32/h5-8,13,15-17,24-25H,9-12H2,1-4H3,(H,31,34). The Morgan fingerprint density at radius 2 is 1.89 bits per heavy atom. The first kappa shape index (κ1) is 25.0. The molecule has 1 aliphatic carbocycles. The van der Waals surface area contributed by atoms with Crippen LogP contribution in [-0.4, -0.2) is 42.4 Å². The molecule has 8 heteroatoms. The maximum absolute atomic E-state index is 13.1. The largest absolute Gasteiger partial charge is 0.489 e. The number of halogens is 1. The van der Waals surface area contributed by atoms with Gasteiger partial charge in [-0.2, -0.15) is 5.26 Å². The molecule has 0 unspecified atom stereocenters. The topological polar surface area (TPSA) is 95.3 Å². The minimum absolute atomic E-state index is 0.134. The Kier molecular flexibility index (Phi) is 6.79. The minimum atomic E-state index is -0.345. The second kappa shape index (κ2) is 9.50. The zero-order chi connectivity index (χ0) is 25.4. The summed E-state index contributed by atoms with van der Waals surface area (Å²) in [5.74, 6) is 0.515. The van der Waals surface area contributed by atoms with Crippen LogP contribution in [0.1, 0.15) is 56.6 Å². The highest BCUT2D eigenvalue weighted by atomic mass is 35.5. The average molecular weight is 495 g/mol. The number of amides is 1. The number of carbonyl (C=O) groups excluding carboxylic acids is 2. The number of aromatic nitrogens is 1. The van der Waals surface area contributed by atoms with Crippen molar-refractivity contribution in [1.29, 1.82) is 5.26 Å². The summed E-state index contributed by atoms with van der Waals surface area (Å²) in [6, 6.07) is 10.6. The number of nitrogens with zero attached hydrogens (tertiary/aromatic N) is 3. The van der Waals surface area contributed by atoms with Crippen LogP contribution in [0.15, 0.2) is 36.5 Å². The Labute approximate surface area is 211 Å². The summed E-state index contributed by atoms with van der Waals surface area (Å²) in [5, 5.41) is 12.6. The molecule has 0 radical (unpaired) electrons. The molecule has 7 nitrogen and oxygen atoms in total. The molecule has 2 aliphatic rings. The first-order chi connectivity index (χ1) is 16.6. The number of nitrogens with one attached hydrogen (secondary N) is 1.